The van der Waals surface area contributed by atoms with E-state index in [0.717, 1.165) is 5.56 Å². The van der Waals surface area contributed by atoms with E-state index in [1.165, 1.54) is 15.6 Å². The van der Waals surface area contributed by atoms with Crippen molar-refractivity contribution >= 4 is 17.1 Å². The largest absolute Gasteiger partial charge is 1.00 e. The average molecular weight is 282 g/mol. The Balaban J connectivity index is 0.00000162. The number of carbonyl (C=O) groups is 1. The minimum atomic E-state index is 0. The lowest BCUT2D eigenvalue weighted by atomic mass is 10.1. The molecule has 2 nitrogen and oxygen atoms in total. The molecule has 0 radical (unpaired) electrons. The van der Waals surface area contributed by atoms with Crippen molar-refractivity contribution in [2.24, 2.45) is 0 Å². The highest BCUT2D eigenvalue weighted by Gasteiger charge is 2.21. The first-order valence-corrected chi connectivity index (χ1v) is 6.46. The summed E-state index contributed by atoms with van der Waals surface area (Å²) in [6.45, 7) is 6.66. The Morgan fingerprint density at radius 2 is 1.78 bits per heavy atom. The quantitative estimate of drug-likeness (QED) is 0.566. The first-order valence-electron chi connectivity index (χ1n) is 5.64. The Bertz CT molecular complexity index is 548. The van der Waals surface area contributed by atoms with E-state index in [1.807, 2.05) is 30.3 Å². The first-order chi connectivity index (χ1) is 8.09. The van der Waals surface area contributed by atoms with Gasteiger partial charge in [0.15, 0.2) is 5.69 Å². The van der Waals surface area contributed by atoms with Crippen LogP contribution in [0.1, 0.15) is 25.9 Å². The molecular formula is C14H16ClNOS. The summed E-state index contributed by atoms with van der Waals surface area (Å²) in [5.41, 5.74) is 1.97. The van der Waals surface area contributed by atoms with Crippen molar-refractivity contribution in [1.82, 2.24) is 0 Å². The maximum absolute atomic E-state index is 12.1. The molecule has 0 aliphatic rings. The molecule has 0 aliphatic carbocycles. The summed E-state index contributed by atoms with van der Waals surface area (Å²) in [5.74, 6) is 0.166. The van der Waals surface area contributed by atoms with Crippen LogP contribution in [0.4, 0.5) is 0 Å². The maximum Gasteiger partial charge on any atom is 0.234 e. The van der Waals surface area contributed by atoms with Gasteiger partial charge in [-0.3, -0.25) is 4.79 Å². The van der Waals surface area contributed by atoms with Gasteiger partial charge in [-0.1, -0.05) is 41.7 Å². The Morgan fingerprint density at radius 1 is 1.17 bits per heavy atom. The number of hydrogen-bond acceptors (Lipinski definition) is 2. The maximum atomic E-state index is 12.1. The lowest BCUT2D eigenvalue weighted by Gasteiger charge is -1.98. The Kier molecular flexibility index (Phi) is 5.05. The zero-order valence-corrected chi connectivity index (χ0v) is 12.3. The minimum absolute atomic E-state index is 0. The third-order valence-electron chi connectivity index (χ3n) is 2.99. The normalized spacial score (nSPS) is 9.94. The zero-order valence-electron chi connectivity index (χ0n) is 10.7. The van der Waals surface area contributed by atoms with Crippen molar-refractivity contribution in [2.75, 3.05) is 0 Å². The van der Waals surface area contributed by atoms with Crippen LogP contribution in [0.5, 0.6) is 0 Å². The Hall–Kier alpha value is -1.19. The molecule has 0 unspecified atom stereocenters. The number of halogens is 1. The van der Waals surface area contributed by atoms with Gasteiger partial charge >= 0.3 is 0 Å². The van der Waals surface area contributed by atoms with Gasteiger partial charge in [0.05, 0.1) is 4.88 Å². The van der Waals surface area contributed by atoms with E-state index in [-0.39, 0.29) is 18.2 Å². The van der Waals surface area contributed by atoms with Gasteiger partial charge in [0, 0.05) is 19.4 Å². The molecule has 96 valence electrons. The zero-order chi connectivity index (χ0) is 12.4. The van der Waals surface area contributed by atoms with Crippen molar-refractivity contribution in [3.05, 3.63) is 51.5 Å². The molecule has 2 aromatic rings. The van der Waals surface area contributed by atoms with Crippen LogP contribution in [-0.2, 0) is 6.54 Å². The highest BCUT2D eigenvalue weighted by atomic mass is 35.5. The molecule has 0 saturated carbocycles. The molecule has 0 bridgehead atoms. The lowest BCUT2D eigenvalue weighted by molar-refractivity contribution is -0.690. The van der Waals surface area contributed by atoms with Gasteiger partial charge in [0.2, 0.25) is 17.3 Å². The number of aryl methyl sites for hydroxylation is 2. The van der Waals surface area contributed by atoms with Crippen molar-refractivity contribution in [3.8, 4) is 0 Å². The van der Waals surface area contributed by atoms with E-state index in [1.54, 1.807) is 11.3 Å². The monoisotopic (exact) mass is 281 g/mol. The summed E-state index contributed by atoms with van der Waals surface area (Å²) in [4.78, 5) is 13.4. The van der Waals surface area contributed by atoms with Crippen molar-refractivity contribution in [3.63, 3.8) is 0 Å². The van der Waals surface area contributed by atoms with Crippen molar-refractivity contribution < 1.29 is 21.8 Å². The molecule has 1 aromatic heterocycles. The van der Waals surface area contributed by atoms with Crippen LogP contribution in [0.3, 0.4) is 0 Å². The van der Waals surface area contributed by atoms with Gasteiger partial charge < -0.3 is 12.4 Å². The van der Waals surface area contributed by atoms with Crippen molar-refractivity contribution in [2.45, 2.75) is 27.3 Å². The van der Waals surface area contributed by atoms with E-state index in [9.17, 15) is 4.79 Å². The number of nitrogens with zero attached hydrogens (tertiary/aromatic N) is 1. The van der Waals surface area contributed by atoms with Crippen LogP contribution in [0, 0.1) is 20.8 Å². The number of rotatable bonds is 3. The van der Waals surface area contributed by atoms with Crippen molar-refractivity contribution in [1.29, 1.82) is 0 Å². The minimum Gasteiger partial charge on any atom is -1.00 e. The SMILES string of the molecule is Cc1sc(C)[n+](CC(=O)c2ccccc2)c1C.[Cl-]. The van der Waals surface area contributed by atoms with Gasteiger partial charge in [0.1, 0.15) is 0 Å². The highest BCUT2D eigenvalue weighted by molar-refractivity contribution is 7.11. The van der Waals surface area contributed by atoms with Crippen LogP contribution in [0.15, 0.2) is 30.3 Å². The molecule has 4 heteroatoms. The molecule has 1 aromatic carbocycles. The van der Waals surface area contributed by atoms with E-state index >= 15 is 0 Å². The highest BCUT2D eigenvalue weighted by Crippen LogP contribution is 2.14. The number of Topliss-reactive ketones (excluding diaryl/α,β-unsaturated/α-hetero) is 1. The summed E-state index contributed by atoms with van der Waals surface area (Å²) in [6.07, 6.45) is 0. The third-order valence-corrected chi connectivity index (χ3v) is 4.11. The van der Waals surface area contributed by atoms with E-state index in [2.05, 4.69) is 25.3 Å². The number of benzene rings is 1. The number of carbonyl (C=O) groups excluding carboxylic acids is 1. The van der Waals surface area contributed by atoms with E-state index in [4.69, 9.17) is 0 Å². The van der Waals surface area contributed by atoms with E-state index in [0.29, 0.717) is 6.54 Å². The van der Waals surface area contributed by atoms with Crippen LogP contribution in [0.2, 0.25) is 0 Å². The number of ketones is 1. The van der Waals surface area contributed by atoms with Gasteiger partial charge in [-0.15, -0.1) is 0 Å². The Labute approximate surface area is 118 Å². The molecule has 18 heavy (non-hydrogen) atoms. The molecule has 0 amide bonds. The Morgan fingerprint density at radius 3 is 2.28 bits per heavy atom. The molecule has 2 rings (SSSR count). The molecule has 0 aliphatic heterocycles. The van der Waals surface area contributed by atoms with E-state index < -0.39 is 0 Å². The van der Waals surface area contributed by atoms with Gasteiger partial charge in [0.25, 0.3) is 0 Å². The number of aromatic nitrogens is 1. The summed E-state index contributed by atoms with van der Waals surface area (Å²) in [5, 5.41) is 1.18. The fourth-order valence-corrected chi connectivity index (χ4v) is 2.88. The molecular weight excluding hydrogens is 266 g/mol. The fraction of sp³-hybridized carbons (Fsp3) is 0.286. The van der Waals surface area contributed by atoms with Crippen LogP contribution in [-0.4, -0.2) is 5.78 Å². The van der Waals surface area contributed by atoms with Gasteiger partial charge in [-0.25, -0.2) is 0 Å². The van der Waals surface area contributed by atoms with Crippen LogP contribution in [0.25, 0.3) is 0 Å². The smallest absolute Gasteiger partial charge is 0.234 e. The summed E-state index contributed by atoms with van der Waals surface area (Å²) in [7, 11) is 0. The second-order valence-corrected chi connectivity index (χ2v) is 5.55. The molecule has 0 saturated heterocycles. The van der Waals surface area contributed by atoms with Gasteiger partial charge in [-0.05, 0) is 6.92 Å². The second kappa shape index (κ2) is 6.12. The third kappa shape index (κ3) is 2.98. The molecule has 0 fully saturated rings. The molecule has 0 atom stereocenters. The first kappa shape index (κ1) is 14.9. The second-order valence-electron chi connectivity index (χ2n) is 4.14. The fourth-order valence-electron chi connectivity index (χ4n) is 1.87. The molecule has 0 N–H and O–H groups in total. The molecule has 1 heterocycles. The van der Waals surface area contributed by atoms with Crippen LogP contribution < -0.4 is 17.0 Å². The predicted octanol–water partition coefficient (Wildman–Crippen LogP) is -0.152. The summed E-state index contributed by atoms with van der Waals surface area (Å²) >= 11 is 1.74. The van der Waals surface area contributed by atoms with Gasteiger partial charge in [-0.2, -0.15) is 4.57 Å². The topological polar surface area (TPSA) is 20.9 Å². The summed E-state index contributed by atoms with van der Waals surface area (Å²) in [6, 6.07) is 9.46. The number of thiazole rings is 1. The predicted molar refractivity (Wildman–Crippen MR) is 69.5 cm³/mol. The van der Waals surface area contributed by atoms with Crippen LogP contribution >= 0.6 is 11.3 Å². The standard InChI is InChI=1S/C14H16NOS.ClH/c1-10-11(2)17-12(3)15(10)9-14(16)13-7-5-4-6-8-13;/h4-8H,9H2,1-3H3;1H/q+1;/p-1. The number of hydrogen-bond donors (Lipinski definition) is 0. The summed E-state index contributed by atoms with van der Waals surface area (Å²) < 4.78 is 2.09. The lowest BCUT2D eigenvalue weighted by Crippen LogP contribution is -3.00. The molecule has 0 spiro atoms. The average Bonchev–Trinajstić information content (AvgIpc) is 2.57.